The predicted octanol–water partition coefficient (Wildman–Crippen LogP) is 3.41. The fourth-order valence-electron chi connectivity index (χ4n) is 4.04. The van der Waals surface area contributed by atoms with Crippen molar-refractivity contribution in [2.45, 2.75) is 12.6 Å². The second-order valence-corrected chi connectivity index (χ2v) is 7.37. The Hall–Kier alpha value is -4.27. The van der Waals surface area contributed by atoms with E-state index in [1.165, 1.54) is 0 Å². The number of carbonyl (C=O) groups is 1. The maximum absolute atomic E-state index is 12.0. The van der Waals surface area contributed by atoms with E-state index in [0.29, 0.717) is 23.5 Å². The molecule has 4 aromatic rings. The van der Waals surface area contributed by atoms with Gasteiger partial charge >= 0.3 is 5.97 Å². The molecule has 2 heterocycles. The molecule has 0 saturated carbocycles. The molecule has 1 aliphatic heterocycles. The van der Waals surface area contributed by atoms with Gasteiger partial charge < -0.3 is 19.9 Å². The van der Waals surface area contributed by atoms with Gasteiger partial charge in [-0.3, -0.25) is 0 Å². The second-order valence-electron chi connectivity index (χ2n) is 7.37. The van der Waals surface area contributed by atoms with Crippen molar-refractivity contribution in [2.24, 2.45) is 0 Å². The molecular weight excluding hydrogens is 410 g/mol. The monoisotopic (exact) mass is 431 g/mol. The van der Waals surface area contributed by atoms with E-state index in [0.717, 1.165) is 22.3 Å². The highest BCUT2D eigenvalue weighted by molar-refractivity contribution is 6.01. The zero-order chi connectivity index (χ0) is 22.2. The van der Waals surface area contributed by atoms with E-state index in [1.807, 2.05) is 53.5 Å². The molecule has 0 bridgehead atoms. The van der Waals surface area contributed by atoms with Crippen LogP contribution in [0.25, 0.3) is 11.0 Å². The summed E-state index contributed by atoms with van der Waals surface area (Å²) in [6, 6.07) is 18.6. The van der Waals surface area contributed by atoms with E-state index in [2.05, 4.69) is 15.6 Å². The minimum atomic E-state index is -1.02. The first-order valence-electron chi connectivity index (χ1n) is 10.0. The summed E-state index contributed by atoms with van der Waals surface area (Å²) in [6.07, 6.45) is 0.229. The zero-order valence-corrected chi connectivity index (χ0v) is 17.5. The Morgan fingerprint density at radius 3 is 2.56 bits per heavy atom. The summed E-state index contributed by atoms with van der Waals surface area (Å²) in [4.78, 5) is 13.6. The Kier molecular flexibility index (Phi) is 4.78. The molecule has 5 rings (SSSR count). The summed E-state index contributed by atoms with van der Waals surface area (Å²) in [5, 5.41) is 23.7. The van der Waals surface area contributed by atoms with Crippen LogP contribution < -0.4 is 19.8 Å². The van der Waals surface area contributed by atoms with Crippen LogP contribution in [0.15, 0.2) is 60.7 Å². The molecule has 162 valence electrons. The minimum Gasteiger partial charge on any atom is -0.497 e. The fourth-order valence-corrected chi connectivity index (χ4v) is 4.04. The van der Waals surface area contributed by atoms with Crippen LogP contribution in [0.5, 0.6) is 11.5 Å². The molecule has 0 amide bonds. The molecule has 0 radical (unpaired) electrons. The maximum Gasteiger partial charge on any atom is 0.337 e. The van der Waals surface area contributed by atoms with E-state index < -0.39 is 5.97 Å². The maximum atomic E-state index is 12.0. The summed E-state index contributed by atoms with van der Waals surface area (Å²) in [6.45, 7) is 0. The summed E-state index contributed by atoms with van der Waals surface area (Å²) in [5.74, 6) is 0.282. The number of fused-ring (bicyclic) bond motifs is 2. The Labute approximate surface area is 183 Å². The van der Waals surface area contributed by atoms with Gasteiger partial charge in [0.1, 0.15) is 34.4 Å². The predicted molar refractivity (Wildman–Crippen MR) is 119 cm³/mol. The molecule has 0 spiro atoms. The van der Waals surface area contributed by atoms with Gasteiger partial charge in [-0.2, -0.15) is 0 Å². The number of aromatic nitrogens is 3. The van der Waals surface area contributed by atoms with E-state index in [4.69, 9.17) is 9.47 Å². The number of rotatable bonds is 6. The average Bonchev–Trinajstić information content (AvgIpc) is 3.40. The van der Waals surface area contributed by atoms with E-state index in [9.17, 15) is 9.90 Å². The average molecular weight is 431 g/mol. The van der Waals surface area contributed by atoms with Crippen LogP contribution in [0.3, 0.4) is 0 Å². The number of anilines is 2. The van der Waals surface area contributed by atoms with Crippen molar-refractivity contribution in [1.82, 2.24) is 15.1 Å². The highest BCUT2D eigenvalue weighted by Gasteiger charge is 2.37. The fraction of sp³-hybridized carbons (Fsp3) is 0.174. The summed E-state index contributed by atoms with van der Waals surface area (Å²) < 4.78 is 10.9. The van der Waals surface area contributed by atoms with E-state index in [1.54, 1.807) is 31.1 Å². The van der Waals surface area contributed by atoms with Gasteiger partial charge in [-0.05, 0) is 47.2 Å². The highest BCUT2D eigenvalue weighted by atomic mass is 16.5. The second kappa shape index (κ2) is 7.77. The van der Waals surface area contributed by atoms with Crippen LogP contribution >= 0.6 is 0 Å². The lowest BCUT2D eigenvalue weighted by Crippen LogP contribution is -2.42. The normalized spacial score (nSPS) is 14.8. The summed E-state index contributed by atoms with van der Waals surface area (Å²) >= 11 is 0. The number of aromatic carboxylic acids is 1. The number of nitrogens with zero attached hydrogens (tertiary/aromatic N) is 4. The molecule has 3 aromatic carbocycles. The third-order valence-electron chi connectivity index (χ3n) is 5.55. The molecular formula is C23H21N5O4. The number of carboxylic acid groups (broad SMARTS) is 1. The van der Waals surface area contributed by atoms with Crippen molar-refractivity contribution in [3.63, 3.8) is 0 Å². The van der Waals surface area contributed by atoms with Crippen LogP contribution in [0.1, 0.15) is 15.9 Å². The summed E-state index contributed by atoms with van der Waals surface area (Å²) in [7, 11) is 3.19. The van der Waals surface area contributed by atoms with Crippen molar-refractivity contribution in [3.8, 4) is 11.5 Å². The van der Waals surface area contributed by atoms with Gasteiger partial charge in [-0.1, -0.05) is 24.3 Å². The van der Waals surface area contributed by atoms with Crippen molar-refractivity contribution >= 4 is 28.4 Å². The number of hydrogen-bond acceptors (Lipinski definition) is 7. The first-order chi connectivity index (χ1) is 15.6. The number of carboxylic acids is 1. The standard InChI is InChI=1S/C23H21N5O4/c1-31-15-9-7-14(8-10-15)13-20-24-21-16(23(29)30)11-12-19(32-2)22(21)27(20)28-18-6-4-3-5-17(18)25-26-28/h3-12,20,24H,13H2,1-2H3,(H,29,30). The topological polar surface area (TPSA) is 102 Å². The van der Waals surface area contributed by atoms with Gasteiger partial charge in [0.2, 0.25) is 0 Å². The first kappa shape index (κ1) is 19.7. The van der Waals surface area contributed by atoms with Gasteiger partial charge in [-0.25, -0.2) is 9.80 Å². The molecule has 0 saturated heterocycles. The molecule has 1 atom stereocenters. The van der Waals surface area contributed by atoms with Gasteiger partial charge in [0.05, 0.1) is 25.5 Å². The third-order valence-corrected chi connectivity index (χ3v) is 5.55. The number of hydrogen-bond donors (Lipinski definition) is 2. The molecule has 0 aliphatic carbocycles. The van der Waals surface area contributed by atoms with Crippen LogP contribution in [-0.2, 0) is 6.42 Å². The third kappa shape index (κ3) is 3.15. The van der Waals surface area contributed by atoms with Gasteiger partial charge in [0.15, 0.2) is 0 Å². The van der Waals surface area contributed by atoms with Crippen LogP contribution in [0.4, 0.5) is 11.4 Å². The summed E-state index contributed by atoms with van der Waals surface area (Å²) in [5.41, 5.74) is 3.81. The first-order valence-corrected chi connectivity index (χ1v) is 10.0. The van der Waals surface area contributed by atoms with Gasteiger partial charge in [0.25, 0.3) is 0 Å². The molecule has 1 aliphatic rings. The largest absolute Gasteiger partial charge is 0.497 e. The van der Waals surface area contributed by atoms with Crippen molar-refractivity contribution in [2.75, 3.05) is 24.5 Å². The SMILES string of the molecule is COc1ccc(CC2Nc3c(C(=O)O)ccc(OC)c3N2n2nnc3ccccc32)cc1. The molecule has 0 fully saturated rings. The molecule has 9 heteroatoms. The molecule has 32 heavy (non-hydrogen) atoms. The van der Waals surface area contributed by atoms with Crippen molar-refractivity contribution in [1.29, 1.82) is 0 Å². The number of ether oxygens (including phenoxy) is 2. The van der Waals surface area contributed by atoms with Gasteiger partial charge in [0, 0.05) is 6.42 Å². The Morgan fingerprint density at radius 1 is 1.06 bits per heavy atom. The quantitative estimate of drug-likeness (QED) is 0.479. The number of nitrogens with one attached hydrogen (secondary N) is 1. The van der Waals surface area contributed by atoms with Crippen molar-refractivity contribution in [3.05, 3.63) is 71.8 Å². The van der Waals surface area contributed by atoms with Crippen LogP contribution in [0.2, 0.25) is 0 Å². The molecule has 2 N–H and O–H groups in total. The van der Waals surface area contributed by atoms with Crippen LogP contribution in [0, 0.1) is 0 Å². The highest BCUT2D eigenvalue weighted by Crippen LogP contribution is 2.45. The Bertz CT molecular complexity index is 1300. The molecule has 1 unspecified atom stereocenters. The van der Waals surface area contributed by atoms with Crippen LogP contribution in [-0.4, -0.2) is 46.6 Å². The smallest absolute Gasteiger partial charge is 0.337 e. The number of benzene rings is 3. The molecule has 9 nitrogen and oxygen atoms in total. The lowest BCUT2D eigenvalue weighted by atomic mass is 10.1. The van der Waals surface area contributed by atoms with E-state index in [-0.39, 0.29) is 11.7 Å². The Balaban J connectivity index is 1.67. The van der Waals surface area contributed by atoms with E-state index >= 15 is 0 Å². The molecule has 1 aromatic heterocycles. The minimum absolute atomic E-state index is 0.160. The lowest BCUT2D eigenvalue weighted by molar-refractivity contribution is 0.0698. The number of methoxy groups -OCH3 is 2. The van der Waals surface area contributed by atoms with Gasteiger partial charge in [-0.15, -0.1) is 9.89 Å². The lowest BCUT2D eigenvalue weighted by Gasteiger charge is -2.27. The van der Waals surface area contributed by atoms with Crippen molar-refractivity contribution < 1.29 is 19.4 Å². The zero-order valence-electron chi connectivity index (χ0n) is 17.5. The Morgan fingerprint density at radius 2 is 1.84 bits per heavy atom. The number of para-hydroxylation sites is 1.